The van der Waals surface area contributed by atoms with Crippen LogP contribution in [0.25, 0.3) is 0 Å². The predicted octanol–water partition coefficient (Wildman–Crippen LogP) is 11.0. The van der Waals surface area contributed by atoms with Gasteiger partial charge in [0.25, 0.3) is 0 Å². The van der Waals surface area contributed by atoms with Gasteiger partial charge in [-0.3, -0.25) is 19.2 Å². The van der Waals surface area contributed by atoms with E-state index in [0.717, 1.165) is 50.2 Å². The van der Waals surface area contributed by atoms with E-state index in [2.05, 4.69) is 30.4 Å². The highest BCUT2D eigenvalue weighted by Gasteiger charge is 2.33. The minimum atomic E-state index is -3.51. The summed E-state index contributed by atoms with van der Waals surface area (Å²) in [5, 5.41) is 26.4. The summed E-state index contributed by atoms with van der Waals surface area (Å²) in [6.07, 6.45) is 15.7. The fraction of sp³-hybridized carbons (Fsp3) is 0.516. The number of aromatic hydroxyl groups is 1. The average Bonchev–Trinajstić information content (AvgIpc) is 1.03. The predicted molar refractivity (Wildman–Crippen MR) is 348 cm³/mol. The number of carboxylic acids is 2. The second-order valence-corrected chi connectivity index (χ2v) is 30.4. The Morgan fingerprint density at radius 3 is 0.891 bits per heavy atom. The molecule has 0 amide bonds. The number of hydrogen-bond acceptors (Lipinski definition) is 21. The minimum absolute atomic E-state index is 0. The standard InChI is InChI=1S/C38H48O12S2.C15H20O5S.C8H12O4.CH3ClO2S.2CH4/c1-3-35(39)47-25-9-5-7-11-27-51(43,44)33-21-17-31(18-22-33)49-37(41)29-13-15-30(16-14-29)38(42)50-32-19-23-34(24-20-32)52(45,46)28-12-8-6-10-26-48-36(40)4-2;1-2-15(17)20-11-5-3-4-6-12-21(18,19)14-9-7-13(16)8-10-14;9-7(10)5-1-2-6(4-3-5)8(11)12;1-5(2,3)4;;/h3-4,17-24,29-30H,1-2,5-16,25-28H2;2,7-10,16H,1,3-6,11-12H2;5-6H,1-4H2,(H,9,10)(H,11,12);1H3;2*1H4. The zero-order chi connectivity index (χ0) is 67.3. The van der Waals surface area contributed by atoms with E-state index >= 15 is 0 Å². The van der Waals surface area contributed by atoms with Crippen LogP contribution in [0.3, 0.4) is 0 Å². The van der Waals surface area contributed by atoms with Gasteiger partial charge in [-0.05, 0) is 163 Å². The van der Waals surface area contributed by atoms with Crippen molar-refractivity contribution in [3.8, 4) is 17.2 Å². The Morgan fingerprint density at radius 1 is 0.424 bits per heavy atom. The number of phenolic OH excluding ortho intramolecular Hbond substituents is 1. The van der Waals surface area contributed by atoms with Gasteiger partial charge in [0.05, 0.1) is 81.7 Å². The van der Waals surface area contributed by atoms with E-state index in [4.69, 9.17) is 39.0 Å². The average molecular weight is 1390 g/mol. The van der Waals surface area contributed by atoms with Crippen LogP contribution in [-0.4, -0.2) is 134 Å². The number of ether oxygens (including phenoxy) is 5. The maximum Gasteiger partial charge on any atom is 0.330 e. The van der Waals surface area contributed by atoms with Gasteiger partial charge in [-0.2, -0.15) is 0 Å². The van der Waals surface area contributed by atoms with Crippen LogP contribution in [0.5, 0.6) is 17.2 Å². The molecule has 0 bridgehead atoms. The number of aliphatic carboxylic acids is 2. The molecule has 28 heteroatoms. The van der Waals surface area contributed by atoms with E-state index in [9.17, 15) is 67.2 Å². The lowest BCUT2D eigenvalue weighted by molar-refractivity contribution is -0.148. The third-order valence-corrected chi connectivity index (χ3v) is 19.4. The smallest absolute Gasteiger partial charge is 0.330 e. The fourth-order valence-electron chi connectivity index (χ4n) is 8.93. The third kappa shape index (κ3) is 36.3. The summed E-state index contributed by atoms with van der Waals surface area (Å²) < 4.78 is 119. The second kappa shape index (κ2) is 44.6. The van der Waals surface area contributed by atoms with Gasteiger partial charge in [0.1, 0.15) is 17.2 Å². The van der Waals surface area contributed by atoms with Crippen LogP contribution in [0.4, 0.5) is 0 Å². The zero-order valence-corrected chi connectivity index (χ0v) is 54.5. The largest absolute Gasteiger partial charge is 0.508 e. The fourth-order valence-corrected chi connectivity index (χ4v) is 13.0. The van der Waals surface area contributed by atoms with Crippen molar-refractivity contribution in [1.29, 1.82) is 0 Å². The Balaban J connectivity index is 0.00000168. The lowest BCUT2D eigenvalue weighted by Crippen LogP contribution is -2.30. The topological polar surface area (TPSA) is 363 Å². The molecule has 516 valence electrons. The van der Waals surface area contributed by atoms with Gasteiger partial charge in [-0.15, -0.1) is 0 Å². The maximum absolute atomic E-state index is 12.8. The number of benzene rings is 3. The van der Waals surface area contributed by atoms with Crippen LogP contribution in [0.2, 0.25) is 0 Å². The quantitative estimate of drug-likeness (QED) is 0.0127. The molecule has 3 aromatic carbocycles. The summed E-state index contributed by atoms with van der Waals surface area (Å²) in [6.45, 7) is 10.8. The number of carbonyl (C=O) groups is 7. The molecule has 23 nitrogen and oxygen atoms in total. The molecule has 0 radical (unpaired) electrons. The molecule has 2 fully saturated rings. The van der Waals surface area contributed by atoms with E-state index in [-0.39, 0.29) is 89.1 Å². The Labute approximate surface area is 547 Å². The highest BCUT2D eigenvalue weighted by atomic mass is 35.7. The Bertz CT molecular complexity index is 3100. The number of hydrogen-bond donors (Lipinski definition) is 3. The molecular formula is C64H91ClO23S4. The highest BCUT2D eigenvalue weighted by Crippen LogP contribution is 2.33. The molecular weight excluding hydrogens is 1300 g/mol. The Hall–Kier alpha value is -6.94. The van der Waals surface area contributed by atoms with Crippen molar-refractivity contribution < 1.29 is 106 Å². The van der Waals surface area contributed by atoms with Gasteiger partial charge in [-0.1, -0.05) is 73.1 Å². The molecule has 2 saturated carbocycles. The highest BCUT2D eigenvalue weighted by molar-refractivity contribution is 8.13. The summed E-state index contributed by atoms with van der Waals surface area (Å²) in [7, 11) is -9.02. The van der Waals surface area contributed by atoms with E-state index in [0.29, 0.717) is 109 Å². The number of phenols is 1. The molecule has 2 aliphatic rings. The number of rotatable bonds is 33. The normalized spacial score (nSPS) is 16.0. The maximum atomic E-state index is 12.8. The molecule has 0 aromatic heterocycles. The molecule has 0 unspecified atom stereocenters. The second-order valence-electron chi connectivity index (χ2n) is 21.0. The van der Waals surface area contributed by atoms with Crippen LogP contribution in [0.15, 0.2) is 125 Å². The molecule has 0 aliphatic heterocycles. The van der Waals surface area contributed by atoms with Crippen molar-refractivity contribution in [1.82, 2.24) is 0 Å². The number of halogens is 1. The first kappa shape index (κ1) is 85.1. The first-order chi connectivity index (χ1) is 42.4. The first-order valence-electron chi connectivity index (χ1n) is 29.2. The van der Waals surface area contributed by atoms with Crippen molar-refractivity contribution in [2.24, 2.45) is 23.7 Å². The van der Waals surface area contributed by atoms with E-state index < -0.39 is 92.2 Å². The lowest BCUT2D eigenvalue weighted by atomic mass is 9.82. The molecule has 3 N–H and O–H groups in total. The van der Waals surface area contributed by atoms with E-state index in [1.54, 1.807) is 0 Å². The number of unbranched alkanes of at least 4 members (excludes halogenated alkanes) is 9. The molecule has 0 heterocycles. The third-order valence-electron chi connectivity index (χ3n) is 14.0. The van der Waals surface area contributed by atoms with Crippen LogP contribution in [0, 0.1) is 23.7 Å². The molecule has 5 rings (SSSR count). The van der Waals surface area contributed by atoms with E-state index in [1.807, 2.05) is 0 Å². The zero-order valence-electron chi connectivity index (χ0n) is 50.5. The van der Waals surface area contributed by atoms with Crippen molar-refractivity contribution in [2.45, 2.75) is 158 Å². The van der Waals surface area contributed by atoms with Crippen LogP contribution in [-0.2, 0) is 86.3 Å². The Kier molecular flexibility index (Phi) is 41.2. The van der Waals surface area contributed by atoms with Crippen molar-refractivity contribution >= 4 is 91.0 Å². The molecule has 3 aromatic rings. The number of carbonyl (C=O) groups excluding carboxylic acids is 5. The lowest BCUT2D eigenvalue weighted by Gasteiger charge is -2.25. The van der Waals surface area contributed by atoms with Gasteiger partial charge >= 0.3 is 41.8 Å². The van der Waals surface area contributed by atoms with Crippen molar-refractivity contribution in [2.75, 3.05) is 43.3 Å². The van der Waals surface area contributed by atoms with Gasteiger partial charge in [0.2, 0.25) is 9.05 Å². The van der Waals surface area contributed by atoms with Gasteiger partial charge in [0, 0.05) is 28.9 Å². The summed E-state index contributed by atoms with van der Waals surface area (Å²) in [4.78, 5) is 80.0. The van der Waals surface area contributed by atoms with Crippen LogP contribution >= 0.6 is 10.7 Å². The van der Waals surface area contributed by atoms with Crippen LogP contribution in [0.1, 0.15) is 143 Å². The monoisotopic (exact) mass is 1390 g/mol. The summed E-state index contributed by atoms with van der Waals surface area (Å²) in [5.41, 5.74) is 0. The van der Waals surface area contributed by atoms with E-state index in [1.165, 1.54) is 72.8 Å². The van der Waals surface area contributed by atoms with Gasteiger partial charge in [-0.25, -0.2) is 48.1 Å². The van der Waals surface area contributed by atoms with Gasteiger partial charge < -0.3 is 39.0 Å². The van der Waals surface area contributed by atoms with Crippen molar-refractivity contribution in [3.63, 3.8) is 0 Å². The number of esters is 5. The minimum Gasteiger partial charge on any atom is -0.508 e. The number of sulfone groups is 3. The first-order valence-corrected chi connectivity index (χ1v) is 36.9. The summed E-state index contributed by atoms with van der Waals surface area (Å²) >= 11 is 0. The molecule has 92 heavy (non-hydrogen) atoms. The summed E-state index contributed by atoms with van der Waals surface area (Å²) in [5.74, 6) is -4.86. The molecule has 0 saturated heterocycles. The molecule has 2 aliphatic carbocycles. The van der Waals surface area contributed by atoms with Crippen molar-refractivity contribution in [3.05, 3.63) is 111 Å². The number of carboxylic acid groups (broad SMARTS) is 2. The van der Waals surface area contributed by atoms with Gasteiger partial charge in [0.15, 0.2) is 29.5 Å². The molecule has 0 atom stereocenters. The SMILES string of the molecule is C.C.C=CC(=O)OCCCCCCS(=O)(=O)c1ccc(O)cc1.C=CC(=O)OCCCCCCS(=O)(=O)c1ccc(OC(=O)C2CCC(C(=O)Oc3ccc(S(=O)(=O)CCCCCCOC(=O)C=C)cc3)CC2)cc1.CS(=O)(=O)Cl.O=C(O)C1CCC(C(=O)O)CC1. The summed E-state index contributed by atoms with van der Waals surface area (Å²) in [6, 6.07) is 17.0. The van der Waals surface area contributed by atoms with Crippen LogP contribution < -0.4 is 9.47 Å². The molecule has 0 spiro atoms. The Morgan fingerprint density at radius 2 is 0.652 bits per heavy atom.